The van der Waals surface area contributed by atoms with E-state index < -0.39 is 55.5 Å². The summed E-state index contributed by atoms with van der Waals surface area (Å²) in [4.78, 5) is 49.6. The highest BCUT2D eigenvalue weighted by Gasteiger charge is 2.55. The first-order chi connectivity index (χ1) is 17.3. The minimum Gasteiger partial charge on any atom is -0.575 e. The summed E-state index contributed by atoms with van der Waals surface area (Å²) in [6.45, 7) is 7.31. The Bertz CT molecular complexity index is 1280. The molecule has 0 amide bonds. The molecule has 12 nitrogen and oxygen atoms in total. The number of esters is 1. The third-order valence-electron chi connectivity index (χ3n) is 5.53. The molecule has 0 bridgehead atoms. The summed E-state index contributed by atoms with van der Waals surface area (Å²) in [5.41, 5.74) is -3.26. The van der Waals surface area contributed by atoms with Crippen molar-refractivity contribution >= 4 is 14.1 Å². The molecule has 14 heteroatoms. The molecule has 1 saturated heterocycles. The summed E-state index contributed by atoms with van der Waals surface area (Å²) in [5.74, 6) is -0.225. The van der Waals surface area contributed by atoms with Gasteiger partial charge in [-0.05, 0) is 46.2 Å². The van der Waals surface area contributed by atoms with Gasteiger partial charge in [0.25, 0.3) is 5.56 Å². The highest BCUT2D eigenvalue weighted by atomic mass is 31.1. The van der Waals surface area contributed by atoms with Gasteiger partial charge in [0.05, 0.1) is 6.10 Å². The number of halogens is 1. The molecule has 1 fully saturated rings. The Hall–Kier alpha value is -3.12. The third kappa shape index (κ3) is 6.80. The highest BCUT2D eigenvalue weighted by Crippen LogP contribution is 2.41. The normalized spacial score (nSPS) is 24.7. The number of rotatable bonds is 9. The zero-order valence-corrected chi connectivity index (χ0v) is 21.8. The van der Waals surface area contributed by atoms with Crippen LogP contribution in [0.15, 0.2) is 44.8 Å². The summed E-state index contributed by atoms with van der Waals surface area (Å²) < 4.78 is 41.6. The number of alkyl halides is 1. The molecule has 0 aliphatic carbocycles. The largest absolute Gasteiger partial charge is 0.575 e. The number of aliphatic hydroxyl groups excluding tert-OH is 1. The number of ether oxygens (including phenoxy) is 3. The fourth-order valence-corrected chi connectivity index (χ4v) is 4.28. The van der Waals surface area contributed by atoms with Crippen LogP contribution in [0.3, 0.4) is 0 Å². The van der Waals surface area contributed by atoms with E-state index in [1.54, 1.807) is 26.8 Å². The van der Waals surface area contributed by atoms with E-state index in [2.05, 4.69) is 4.74 Å². The number of carbonyl (C=O) groups excluding carboxylic acids is 1. The molecule has 37 heavy (non-hydrogen) atoms. The number of hydrogen-bond acceptors (Lipinski definition) is 10. The number of benzene rings is 1. The molecule has 202 valence electrons. The van der Waals surface area contributed by atoms with E-state index in [-0.39, 0.29) is 24.2 Å². The van der Waals surface area contributed by atoms with Gasteiger partial charge in [0.15, 0.2) is 23.7 Å². The topological polar surface area (TPSA) is 164 Å². The average molecular weight is 541 g/mol. The lowest BCUT2D eigenvalue weighted by Gasteiger charge is -2.24. The lowest BCUT2D eigenvalue weighted by atomic mass is 9.98. The summed E-state index contributed by atoms with van der Waals surface area (Å²) in [6, 6.07) is 4.62. The van der Waals surface area contributed by atoms with Crippen LogP contribution in [0.2, 0.25) is 0 Å². The van der Waals surface area contributed by atoms with E-state index in [9.17, 15) is 24.4 Å². The predicted octanol–water partition coefficient (Wildman–Crippen LogP) is 1.49. The summed E-state index contributed by atoms with van der Waals surface area (Å²) >= 11 is 0. The van der Waals surface area contributed by atoms with Crippen molar-refractivity contribution in [3.8, 4) is 11.5 Å². The van der Waals surface area contributed by atoms with Gasteiger partial charge < -0.3 is 24.2 Å². The molecular formula is C23H29FN3O9P. The molecular weight excluding hydrogens is 512 g/mol. The number of hydrogen-bond donors (Lipinski definition) is 2. The molecule has 1 aliphatic heterocycles. The van der Waals surface area contributed by atoms with Crippen LogP contribution in [0.1, 0.15) is 39.5 Å². The van der Waals surface area contributed by atoms with Crippen LogP contribution in [0, 0.1) is 6.92 Å². The van der Waals surface area contributed by atoms with Gasteiger partial charge in [0.2, 0.25) is 0 Å². The fraction of sp³-hybridized carbons (Fsp3) is 0.522. The molecule has 0 saturated carbocycles. The summed E-state index contributed by atoms with van der Waals surface area (Å²) in [6.07, 6.45) is -3.59. The van der Waals surface area contributed by atoms with Crippen molar-refractivity contribution < 1.29 is 37.9 Å². The van der Waals surface area contributed by atoms with E-state index in [0.29, 0.717) is 5.56 Å². The Morgan fingerprint density at radius 2 is 2.05 bits per heavy atom. The second kappa shape index (κ2) is 11.5. The molecule has 2 heterocycles. The zero-order valence-electron chi connectivity index (χ0n) is 20.9. The van der Waals surface area contributed by atoms with Gasteiger partial charge in [-0.2, -0.15) is 0 Å². The maximum atomic E-state index is 15.4. The van der Waals surface area contributed by atoms with Crippen LogP contribution >= 0.6 is 8.17 Å². The molecule has 0 spiro atoms. The Labute approximate surface area is 212 Å². The van der Waals surface area contributed by atoms with Gasteiger partial charge in [-0.1, -0.05) is 10.8 Å². The van der Waals surface area contributed by atoms with Crippen molar-refractivity contribution in [1.29, 1.82) is 0 Å². The van der Waals surface area contributed by atoms with Gasteiger partial charge in [-0.15, -0.1) is 0 Å². The minimum absolute atomic E-state index is 0.135. The first-order valence-electron chi connectivity index (χ1n) is 11.4. The number of aliphatic hydroxyl groups is 1. The molecule has 3 rings (SSSR count). The molecule has 0 radical (unpaired) electrons. The van der Waals surface area contributed by atoms with Crippen LogP contribution < -0.4 is 25.4 Å². The van der Waals surface area contributed by atoms with Gasteiger partial charge in [-0.3, -0.25) is 18.9 Å². The highest BCUT2D eigenvalue weighted by molar-refractivity contribution is 7.34. The number of nitrogens with zero attached hydrogens (tertiary/aromatic N) is 2. The molecule has 1 aromatic carbocycles. The smallest absolute Gasteiger partial charge is 0.395 e. The fourth-order valence-electron chi connectivity index (χ4n) is 3.56. The second-order valence-electron chi connectivity index (χ2n) is 8.98. The van der Waals surface area contributed by atoms with E-state index >= 15 is 4.39 Å². The van der Waals surface area contributed by atoms with Crippen molar-refractivity contribution in [3.63, 3.8) is 0 Å². The maximum Gasteiger partial charge on any atom is 0.395 e. The van der Waals surface area contributed by atoms with Gasteiger partial charge in [0.1, 0.15) is 24.6 Å². The lowest BCUT2D eigenvalue weighted by Crippen LogP contribution is -2.43. The van der Waals surface area contributed by atoms with Crippen molar-refractivity contribution in [2.75, 3.05) is 6.61 Å². The monoisotopic (exact) mass is 541 g/mol. The molecule has 6 atom stereocenters. The maximum absolute atomic E-state index is 15.4. The van der Waals surface area contributed by atoms with Crippen LogP contribution in [-0.4, -0.2) is 57.3 Å². The number of aromatic nitrogens is 2. The lowest BCUT2D eigenvalue weighted by molar-refractivity contribution is -0.170. The Balaban J connectivity index is 1.69. The number of aromatic amines is 1. The number of carbonyl (C=O) groups is 1. The molecule has 1 aliphatic rings. The molecule has 2 N–H and O–H groups in total. The van der Waals surface area contributed by atoms with E-state index in [4.69, 9.17) is 18.7 Å². The second-order valence-corrected chi connectivity index (χ2v) is 9.87. The predicted molar refractivity (Wildman–Crippen MR) is 128 cm³/mol. The van der Waals surface area contributed by atoms with Crippen molar-refractivity contribution in [3.05, 3.63) is 56.9 Å². The van der Waals surface area contributed by atoms with Crippen molar-refractivity contribution in [2.45, 2.75) is 70.9 Å². The minimum atomic E-state index is -2.60. The summed E-state index contributed by atoms with van der Waals surface area (Å²) in [7, 11) is -2.60. The first kappa shape index (κ1) is 28.5. The summed E-state index contributed by atoms with van der Waals surface area (Å²) in [5, 5.41) is 10.5. The van der Waals surface area contributed by atoms with Crippen LogP contribution in [0.25, 0.3) is 0 Å². The SMILES string of the molecule is Cc1ccc(O[P+]([O-])=N[C@@H](C)C(=O)OC(C)C)cc1OC[C@H]1O[C@@H](n2ccc(=O)[nH]c2=O)[C@](C)(F)[C@@H]1O. The molecule has 1 unspecified atom stereocenters. The van der Waals surface area contributed by atoms with E-state index in [1.807, 2.05) is 4.98 Å². The van der Waals surface area contributed by atoms with Crippen molar-refractivity contribution in [1.82, 2.24) is 9.55 Å². The van der Waals surface area contributed by atoms with Gasteiger partial charge in [-0.25, -0.2) is 14.0 Å². The zero-order chi connectivity index (χ0) is 27.5. The standard InChI is InChI=1S/C23H29FN3O9P/c1-12(2)34-20(30)14(4)26-37(32)36-15-7-6-13(3)16(10-15)33-11-17-19(29)23(5,24)21(35-17)27-9-8-18(28)25-22(27)31/h6-10,12,14,17,19,21,29H,11H2,1-5H3,(H,25,28,31)/t14-,17+,19+,21+,23+/m0/s1. The molecule has 2 aromatic rings. The van der Waals surface area contributed by atoms with E-state index in [1.165, 1.54) is 19.1 Å². The molecule has 1 aromatic heterocycles. The Kier molecular flexibility index (Phi) is 8.85. The number of aryl methyl sites for hydroxylation is 1. The first-order valence-corrected chi connectivity index (χ1v) is 12.6. The Morgan fingerprint density at radius 1 is 1.35 bits per heavy atom. The average Bonchev–Trinajstić information content (AvgIpc) is 3.02. The number of H-pyrrole nitrogens is 1. The Morgan fingerprint density at radius 3 is 2.70 bits per heavy atom. The van der Waals surface area contributed by atoms with Crippen LogP contribution in [-0.2, 0) is 14.3 Å². The van der Waals surface area contributed by atoms with Gasteiger partial charge in [0, 0.05) is 18.3 Å². The van der Waals surface area contributed by atoms with E-state index in [0.717, 1.165) is 23.8 Å². The van der Waals surface area contributed by atoms with Crippen molar-refractivity contribution in [2.24, 2.45) is 4.74 Å². The third-order valence-corrected chi connectivity index (χ3v) is 6.43. The van der Waals surface area contributed by atoms with Crippen LogP contribution in [0.5, 0.6) is 11.5 Å². The van der Waals surface area contributed by atoms with Gasteiger partial charge >= 0.3 is 19.8 Å². The quantitative estimate of drug-likeness (QED) is 0.353. The number of nitrogens with one attached hydrogen (secondary N) is 1. The van der Waals surface area contributed by atoms with Crippen LogP contribution in [0.4, 0.5) is 4.39 Å².